The molecular formula is C25H31ClFN3O6S. The van der Waals surface area contributed by atoms with Crippen molar-refractivity contribution in [2.24, 2.45) is 0 Å². The molecule has 12 heteroatoms. The summed E-state index contributed by atoms with van der Waals surface area (Å²) in [4.78, 5) is 23.7. The van der Waals surface area contributed by atoms with Crippen LogP contribution in [0, 0.1) is 5.82 Å². The maximum Gasteiger partial charge on any atom is 0.412 e. The molecule has 202 valence electrons. The topological polar surface area (TPSA) is 114 Å². The molecule has 0 unspecified atom stereocenters. The van der Waals surface area contributed by atoms with Crippen LogP contribution in [0.1, 0.15) is 48.0 Å². The third-order valence-corrected chi connectivity index (χ3v) is 7.33. The van der Waals surface area contributed by atoms with Gasteiger partial charge >= 0.3 is 6.09 Å². The van der Waals surface area contributed by atoms with Crippen molar-refractivity contribution in [2.75, 3.05) is 16.2 Å². The van der Waals surface area contributed by atoms with E-state index in [9.17, 15) is 22.4 Å². The van der Waals surface area contributed by atoms with Crippen LogP contribution in [-0.4, -0.2) is 44.2 Å². The number of carbonyl (C=O) groups is 2. The summed E-state index contributed by atoms with van der Waals surface area (Å²) in [5, 5.41) is 5.09. The predicted octanol–water partition coefficient (Wildman–Crippen LogP) is 5.09. The molecule has 2 amide bonds. The molecule has 1 atom stereocenters. The zero-order valence-corrected chi connectivity index (χ0v) is 23.1. The predicted molar refractivity (Wildman–Crippen MR) is 139 cm³/mol. The first-order valence-corrected chi connectivity index (χ1v) is 13.4. The number of nitrogens with one attached hydrogen (secondary N) is 2. The summed E-state index contributed by atoms with van der Waals surface area (Å²) in [6.45, 7) is 10.1. The third-order valence-electron chi connectivity index (χ3n) is 5.27. The van der Waals surface area contributed by atoms with Crippen LogP contribution in [0.15, 0.2) is 41.3 Å². The maximum absolute atomic E-state index is 13.8. The van der Waals surface area contributed by atoms with Gasteiger partial charge in [-0.1, -0.05) is 11.6 Å². The number of amides is 2. The van der Waals surface area contributed by atoms with Gasteiger partial charge in [-0.15, -0.1) is 0 Å². The molecule has 2 N–H and O–H groups in total. The van der Waals surface area contributed by atoms with Gasteiger partial charge in [-0.25, -0.2) is 17.6 Å². The van der Waals surface area contributed by atoms with Crippen LogP contribution in [0.2, 0.25) is 5.02 Å². The van der Waals surface area contributed by atoms with Crippen LogP contribution in [-0.2, 0) is 19.6 Å². The Kier molecular flexibility index (Phi) is 7.99. The van der Waals surface area contributed by atoms with E-state index in [1.165, 1.54) is 13.0 Å². The Labute approximate surface area is 221 Å². The van der Waals surface area contributed by atoms with Crippen LogP contribution < -0.4 is 19.7 Å². The molecule has 3 rings (SSSR count). The van der Waals surface area contributed by atoms with Crippen molar-refractivity contribution in [2.45, 2.75) is 70.1 Å². The van der Waals surface area contributed by atoms with Crippen molar-refractivity contribution in [1.82, 2.24) is 5.32 Å². The Hall–Kier alpha value is -3.05. The van der Waals surface area contributed by atoms with E-state index in [2.05, 4.69) is 10.6 Å². The fourth-order valence-corrected chi connectivity index (χ4v) is 5.78. The highest BCUT2D eigenvalue weighted by Gasteiger charge is 2.37. The Balaban J connectivity index is 2.02. The zero-order chi connectivity index (χ0) is 27.8. The molecule has 2 aromatic carbocycles. The van der Waals surface area contributed by atoms with Crippen molar-refractivity contribution in [3.05, 3.63) is 47.2 Å². The van der Waals surface area contributed by atoms with E-state index in [1.54, 1.807) is 46.8 Å². The molecule has 0 saturated carbocycles. The fraction of sp³-hybridized carbons (Fsp3) is 0.440. The molecule has 1 heterocycles. The minimum absolute atomic E-state index is 0.108. The summed E-state index contributed by atoms with van der Waals surface area (Å²) < 4.78 is 53.7. The van der Waals surface area contributed by atoms with Crippen LogP contribution in [0.4, 0.5) is 20.6 Å². The number of nitrogens with zero attached hydrogens (tertiary/aromatic N) is 1. The number of hydrogen-bond acceptors (Lipinski definition) is 6. The average molecular weight is 556 g/mol. The van der Waals surface area contributed by atoms with Gasteiger partial charge < -0.3 is 14.8 Å². The van der Waals surface area contributed by atoms with Crippen LogP contribution in [0.25, 0.3) is 0 Å². The average Bonchev–Trinajstić information content (AvgIpc) is 2.72. The number of anilines is 2. The highest BCUT2D eigenvalue weighted by Crippen LogP contribution is 2.40. The Bertz CT molecular complexity index is 1310. The number of ether oxygens (including phenoxy) is 2. The summed E-state index contributed by atoms with van der Waals surface area (Å²) in [7, 11) is -4.23. The van der Waals surface area contributed by atoms with E-state index < -0.39 is 39.2 Å². The normalized spacial score (nSPS) is 15.9. The molecule has 0 spiro atoms. The number of fused-ring (bicyclic) bond motifs is 1. The van der Waals surface area contributed by atoms with Crippen molar-refractivity contribution < 1.29 is 31.9 Å². The number of carbonyl (C=O) groups excluding carboxylic acids is 2. The van der Waals surface area contributed by atoms with Gasteiger partial charge in [-0.3, -0.25) is 14.4 Å². The molecule has 9 nitrogen and oxygen atoms in total. The molecule has 1 aliphatic rings. The fourth-order valence-electron chi connectivity index (χ4n) is 4.01. The number of benzene rings is 2. The largest absolute Gasteiger partial charge is 0.486 e. The lowest BCUT2D eigenvalue weighted by atomic mass is 9.95. The third kappa shape index (κ3) is 7.26. The molecule has 0 aliphatic carbocycles. The van der Waals surface area contributed by atoms with Crippen LogP contribution in [0.5, 0.6) is 5.75 Å². The Morgan fingerprint density at radius 1 is 1.16 bits per heavy atom. The number of hydrogen-bond donors (Lipinski definition) is 2. The summed E-state index contributed by atoms with van der Waals surface area (Å²) in [6, 6.07) is 7.71. The van der Waals surface area contributed by atoms with Gasteiger partial charge in [-0.05, 0) is 71.0 Å². The monoisotopic (exact) mass is 555 g/mol. The summed E-state index contributed by atoms with van der Waals surface area (Å²) in [5.74, 6) is -0.729. The molecule has 0 fully saturated rings. The minimum Gasteiger partial charge on any atom is -0.486 e. The van der Waals surface area contributed by atoms with Gasteiger partial charge in [0.2, 0.25) is 5.91 Å². The first kappa shape index (κ1) is 28.5. The zero-order valence-electron chi connectivity index (χ0n) is 21.5. The molecule has 0 aromatic heterocycles. The van der Waals surface area contributed by atoms with E-state index >= 15 is 0 Å². The van der Waals surface area contributed by atoms with Crippen molar-refractivity contribution >= 4 is 45.0 Å². The van der Waals surface area contributed by atoms with Gasteiger partial charge in [0.25, 0.3) is 10.0 Å². The van der Waals surface area contributed by atoms with Gasteiger partial charge in [-0.2, -0.15) is 0 Å². The van der Waals surface area contributed by atoms with Gasteiger partial charge in [0.1, 0.15) is 23.3 Å². The number of rotatable bonds is 6. The highest BCUT2D eigenvalue weighted by atomic mass is 35.5. The van der Waals surface area contributed by atoms with Crippen molar-refractivity contribution in [1.29, 1.82) is 0 Å². The molecule has 0 bridgehead atoms. The van der Waals surface area contributed by atoms with Crippen molar-refractivity contribution in [3.8, 4) is 5.75 Å². The molecule has 0 saturated heterocycles. The van der Waals surface area contributed by atoms with E-state index in [-0.39, 0.29) is 39.5 Å². The number of sulfonamides is 1. The molecule has 2 aromatic rings. The Morgan fingerprint density at radius 3 is 2.43 bits per heavy atom. The first-order chi connectivity index (χ1) is 17.0. The second-order valence-corrected chi connectivity index (χ2v) is 12.7. The van der Waals surface area contributed by atoms with Gasteiger partial charge in [0, 0.05) is 24.6 Å². The second kappa shape index (κ2) is 10.4. The molecular weight excluding hydrogens is 525 g/mol. The van der Waals surface area contributed by atoms with Gasteiger partial charge in [0.05, 0.1) is 22.2 Å². The molecule has 1 aliphatic heterocycles. The second-order valence-electron chi connectivity index (χ2n) is 10.4. The summed E-state index contributed by atoms with van der Waals surface area (Å²) in [5.41, 5.74) is -0.971. The van der Waals surface area contributed by atoms with E-state index in [4.69, 9.17) is 21.1 Å². The minimum atomic E-state index is -4.23. The van der Waals surface area contributed by atoms with Gasteiger partial charge in [0.15, 0.2) is 0 Å². The van der Waals surface area contributed by atoms with Crippen LogP contribution >= 0.6 is 11.6 Å². The lowest BCUT2D eigenvalue weighted by molar-refractivity contribution is -0.120. The number of halogens is 2. The quantitative estimate of drug-likeness (QED) is 0.513. The smallest absolute Gasteiger partial charge is 0.412 e. The lowest BCUT2D eigenvalue weighted by Crippen LogP contribution is -2.50. The Morgan fingerprint density at radius 2 is 1.84 bits per heavy atom. The maximum atomic E-state index is 13.8. The SMILES string of the molecule is CC(=O)NC(C)(C)C[C@H]1CN(S(=O)(=O)c2ccc(F)c(Cl)c2)c2cc(NC(=O)OC(C)(C)C)ccc2O1. The summed E-state index contributed by atoms with van der Waals surface area (Å²) in [6.07, 6.45) is -1.05. The van der Waals surface area contributed by atoms with Crippen LogP contribution in [0.3, 0.4) is 0 Å². The van der Waals surface area contributed by atoms with E-state index in [0.717, 1.165) is 22.5 Å². The molecule has 37 heavy (non-hydrogen) atoms. The highest BCUT2D eigenvalue weighted by molar-refractivity contribution is 7.92. The first-order valence-electron chi connectivity index (χ1n) is 11.5. The van der Waals surface area contributed by atoms with Crippen molar-refractivity contribution in [3.63, 3.8) is 0 Å². The summed E-state index contributed by atoms with van der Waals surface area (Å²) >= 11 is 5.87. The standard InChI is InChI=1S/C25H31ClFN3O6S/c1-15(31)29-25(5,6)13-17-14-30(37(33,34)18-8-9-20(27)19(26)12-18)21-11-16(7-10-22(21)35-17)28-23(32)36-24(2,3)4/h7-12,17H,13-14H2,1-6H3,(H,28,32)(H,29,31)/t17-/m0/s1. The van der Waals surface area contributed by atoms with E-state index in [1.807, 2.05) is 0 Å². The lowest BCUT2D eigenvalue weighted by Gasteiger charge is -2.39. The molecule has 0 radical (unpaired) electrons. The van der Waals surface area contributed by atoms with E-state index in [0.29, 0.717) is 6.42 Å².